The number of nitrogens with one attached hydrogen (secondary N) is 1. The first kappa shape index (κ1) is 29.5. The maximum absolute atomic E-state index is 13.9. The van der Waals surface area contributed by atoms with E-state index in [1.54, 1.807) is 11.0 Å². The summed E-state index contributed by atoms with van der Waals surface area (Å²) in [6.07, 6.45) is 5.93. The van der Waals surface area contributed by atoms with E-state index in [2.05, 4.69) is 5.32 Å². The molecule has 3 aromatic rings. The van der Waals surface area contributed by atoms with Crippen molar-refractivity contribution in [2.24, 2.45) is 0 Å². The molecule has 1 saturated carbocycles. The van der Waals surface area contributed by atoms with Crippen LogP contribution in [0.1, 0.15) is 54.4 Å². The quantitative estimate of drug-likeness (QED) is 0.253. The van der Waals surface area contributed by atoms with Gasteiger partial charge in [-0.3, -0.25) is 9.59 Å². The molecule has 4 rings (SSSR count). The Hall–Kier alpha value is -2.47. The van der Waals surface area contributed by atoms with Crippen LogP contribution in [-0.2, 0) is 28.3 Å². The molecule has 39 heavy (non-hydrogen) atoms. The number of thioether (sulfide) groups is 1. The monoisotopic (exact) mass is 582 g/mol. The van der Waals surface area contributed by atoms with Crippen LogP contribution in [-0.4, -0.2) is 34.6 Å². The van der Waals surface area contributed by atoms with Crippen LogP contribution in [0.5, 0.6) is 0 Å². The van der Waals surface area contributed by atoms with Crippen molar-refractivity contribution in [2.45, 2.75) is 69.8 Å². The number of amides is 2. The van der Waals surface area contributed by atoms with Gasteiger partial charge in [-0.25, -0.2) is 0 Å². The van der Waals surface area contributed by atoms with E-state index in [0.717, 1.165) is 47.9 Å². The molecule has 2 amide bonds. The van der Waals surface area contributed by atoms with E-state index >= 15 is 0 Å². The van der Waals surface area contributed by atoms with Gasteiger partial charge in [-0.1, -0.05) is 103 Å². The van der Waals surface area contributed by atoms with Crippen LogP contribution >= 0.6 is 35.0 Å². The number of hydrogen-bond donors (Lipinski definition) is 1. The number of aryl methyl sites for hydroxylation is 1. The Balaban J connectivity index is 1.57. The van der Waals surface area contributed by atoms with Crippen molar-refractivity contribution >= 4 is 46.8 Å². The van der Waals surface area contributed by atoms with Crippen molar-refractivity contribution in [1.29, 1.82) is 0 Å². The minimum absolute atomic E-state index is 0.0527. The zero-order valence-electron chi connectivity index (χ0n) is 22.4. The third-order valence-electron chi connectivity index (χ3n) is 7.30. The van der Waals surface area contributed by atoms with Crippen molar-refractivity contribution in [3.63, 3.8) is 0 Å². The number of nitrogens with zero attached hydrogens (tertiary/aromatic N) is 1. The molecule has 1 fully saturated rings. The summed E-state index contributed by atoms with van der Waals surface area (Å²) < 4.78 is 0. The Bertz CT molecular complexity index is 1250. The van der Waals surface area contributed by atoms with E-state index in [1.165, 1.54) is 18.2 Å². The Morgan fingerprint density at radius 2 is 1.64 bits per heavy atom. The minimum atomic E-state index is -0.605. The van der Waals surface area contributed by atoms with Gasteiger partial charge in [-0.15, -0.1) is 11.8 Å². The zero-order valence-corrected chi connectivity index (χ0v) is 24.7. The van der Waals surface area contributed by atoms with Gasteiger partial charge in [-0.2, -0.15) is 0 Å². The second-order valence-corrected chi connectivity index (χ2v) is 12.0. The van der Waals surface area contributed by atoms with Gasteiger partial charge < -0.3 is 10.2 Å². The summed E-state index contributed by atoms with van der Waals surface area (Å²) in [7, 11) is 0. The lowest BCUT2D eigenvalue weighted by molar-refractivity contribution is -0.139. The highest BCUT2D eigenvalue weighted by Crippen LogP contribution is 2.26. The largest absolute Gasteiger partial charge is 0.352 e. The summed E-state index contributed by atoms with van der Waals surface area (Å²) in [4.78, 5) is 29.5. The third-order valence-corrected chi connectivity index (χ3v) is 9.03. The Labute approximate surface area is 246 Å². The number of rotatable bonds is 11. The molecule has 3 aromatic carbocycles. The van der Waals surface area contributed by atoms with E-state index in [1.807, 2.05) is 73.7 Å². The lowest BCUT2D eigenvalue weighted by Crippen LogP contribution is -2.53. The molecule has 0 saturated heterocycles. The molecular weight excluding hydrogens is 547 g/mol. The van der Waals surface area contributed by atoms with Crippen molar-refractivity contribution in [3.8, 4) is 0 Å². The average Bonchev–Trinajstić information content (AvgIpc) is 2.94. The topological polar surface area (TPSA) is 49.4 Å². The van der Waals surface area contributed by atoms with Crippen LogP contribution in [0, 0.1) is 6.92 Å². The third kappa shape index (κ3) is 8.76. The molecule has 1 atom stereocenters. The van der Waals surface area contributed by atoms with Gasteiger partial charge in [0.2, 0.25) is 11.8 Å². The number of halogens is 2. The smallest absolute Gasteiger partial charge is 0.243 e. The lowest BCUT2D eigenvalue weighted by atomic mass is 9.94. The Morgan fingerprint density at radius 1 is 0.923 bits per heavy atom. The first-order valence-corrected chi connectivity index (χ1v) is 15.5. The van der Waals surface area contributed by atoms with Crippen molar-refractivity contribution in [1.82, 2.24) is 10.2 Å². The predicted molar refractivity (Wildman–Crippen MR) is 163 cm³/mol. The molecule has 0 bridgehead atoms. The van der Waals surface area contributed by atoms with E-state index in [0.29, 0.717) is 28.8 Å². The highest BCUT2D eigenvalue weighted by Gasteiger charge is 2.32. The molecule has 7 heteroatoms. The van der Waals surface area contributed by atoms with Gasteiger partial charge in [0.25, 0.3) is 0 Å². The van der Waals surface area contributed by atoms with Gasteiger partial charge in [0.15, 0.2) is 0 Å². The second-order valence-electron chi connectivity index (χ2n) is 10.2. The van der Waals surface area contributed by atoms with Gasteiger partial charge in [0.1, 0.15) is 6.04 Å². The van der Waals surface area contributed by atoms with Crippen molar-refractivity contribution < 1.29 is 9.59 Å². The van der Waals surface area contributed by atoms with Crippen LogP contribution < -0.4 is 5.32 Å². The van der Waals surface area contributed by atoms with Gasteiger partial charge in [0.05, 0.1) is 15.8 Å². The fourth-order valence-electron chi connectivity index (χ4n) is 5.04. The van der Waals surface area contributed by atoms with Crippen LogP contribution in [0.15, 0.2) is 72.8 Å². The van der Waals surface area contributed by atoms with Crippen LogP contribution in [0.4, 0.5) is 0 Å². The SMILES string of the molecule is Cc1ccccc1CN(C(=O)CSCc1ccc(Cl)c(Cl)c1)[C@H](Cc1ccccc1)C(=O)NC1CCCCC1. The minimum Gasteiger partial charge on any atom is -0.352 e. The molecule has 0 unspecified atom stereocenters. The maximum Gasteiger partial charge on any atom is 0.243 e. The average molecular weight is 584 g/mol. The van der Waals surface area contributed by atoms with Gasteiger partial charge >= 0.3 is 0 Å². The standard InChI is InChI=1S/C32H36Cl2N2O2S/c1-23-10-8-9-13-26(23)20-36(31(37)22-39-21-25-16-17-28(33)29(34)18-25)30(19-24-11-4-2-5-12-24)32(38)35-27-14-6-3-7-15-27/h2,4-5,8-13,16-18,27,30H,3,6-7,14-15,19-22H2,1H3,(H,35,38)/t30-/m1/s1. The fourth-order valence-corrected chi connectivity index (χ4v) is 6.22. The van der Waals surface area contributed by atoms with Gasteiger partial charge in [-0.05, 0) is 54.2 Å². The molecule has 0 radical (unpaired) electrons. The predicted octanol–water partition coefficient (Wildman–Crippen LogP) is 7.62. The molecule has 206 valence electrons. The van der Waals surface area contributed by atoms with E-state index in [9.17, 15) is 9.59 Å². The number of benzene rings is 3. The lowest BCUT2D eigenvalue weighted by Gasteiger charge is -2.34. The van der Waals surface area contributed by atoms with Crippen molar-refractivity contribution in [2.75, 3.05) is 5.75 Å². The molecule has 0 aliphatic heterocycles. The first-order valence-electron chi connectivity index (χ1n) is 13.6. The number of carbonyl (C=O) groups is 2. The van der Waals surface area contributed by atoms with Crippen LogP contribution in [0.2, 0.25) is 10.0 Å². The molecule has 1 N–H and O–H groups in total. The highest BCUT2D eigenvalue weighted by atomic mass is 35.5. The van der Waals surface area contributed by atoms with Gasteiger partial charge in [0, 0.05) is 24.8 Å². The highest BCUT2D eigenvalue weighted by molar-refractivity contribution is 7.99. The fraction of sp³-hybridized carbons (Fsp3) is 0.375. The molecule has 1 aliphatic carbocycles. The van der Waals surface area contributed by atoms with Crippen LogP contribution in [0.3, 0.4) is 0 Å². The van der Waals surface area contributed by atoms with Crippen LogP contribution in [0.25, 0.3) is 0 Å². The zero-order chi connectivity index (χ0) is 27.6. The Kier molecular flexibility index (Phi) is 11.2. The number of carbonyl (C=O) groups excluding carboxylic acids is 2. The maximum atomic E-state index is 13.9. The van der Waals surface area contributed by atoms with Crippen molar-refractivity contribution in [3.05, 3.63) is 105 Å². The summed E-state index contributed by atoms with van der Waals surface area (Å²) >= 11 is 13.8. The first-order chi connectivity index (χ1) is 18.9. The summed E-state index contributed by atoms with van der Waals surface area (Å²) in [6, 6.07) is 23.1. The van der Waals surface area contributed by atoms with E-state index in [4.69, 9.17) is 23.2 Å². The summed E-state index contributed by atoms with van der Waals surface area (Å²) in [6.45, 7) is 2.43. The molecular formula is C32H36Cl2N2O2S. The summed E-state index contributed by atoms with van der Waals surface area (Å²) in [5.41, 5.74) is 4.18. The number of hydrogen-bond acceptors (Lipinski definition) is 3. The van der Waals surface area contributed by atoms with E-state index in [-0.39, 0.29) is 23.6 Å². The molecule has 0 aromatic heterocycles. The summed E-state index contributed by atoms with van der Waals surface area (Å²) in [5, 5.41) is 4.32. The normalized spacial score (nSPS) is 14.5. The second kappa shape index (κ2) is 14.8. The Morgan fingerprint density at radius 3 is 2.36 bits per heavy atom. The summed E-state index contributed by atoms with van der Waals surface area (Å²) in [5.74, 6) is 0.761. The molecule has 1 aliphatic rings. The van der Waals surface area contributed by atoms with E-state index < -0.39 is 6.04 Å². The molecule has 0 spiro atoms. The molecule has 0 heterocycles. The molecule has 4 nitrogen and oxygen atoms in total.